The number of amidine groups is 1. The van der Waals surface area contributed by atoms with E-state index >= 15 is 0 Å². The number of rotatable bonds is 3. The molecule has 18 heavy (non-hydrogen) atoms. The zero-order chi connectivity index (χ0) is 13.0. The van der Waals surface area contributed by atoms with Crippen LogP contribution in [0.1, 0.15) is 11.1 Å². The fraction of sp³-hybridized carbons (Fsp3) is 0.143. The maximum Gasteiger partial charge on any atom is 0.154 e. The molecule has 0 aliphatic carbocycles. The van der Waals surface area contributed by atoms with Crippen molar-refractivity contribution in [3.63, 3.8) is 0 Å². The molecule has 0 spiro atoms. The molecule has 0 amide bonds. The Balaban J connectivity index is 2.23. The first-order chi connectivity index (χ1) is 8.69. The predicted molar refractivity (Wildman–Crippen MR) is 72.4 cm³/mol. The molecule has 1 aromatic heterocycles. The van der Waals surface area contributed by atoms with E-state index in [4.69, 9.17) is 10.5 Å². The Kier molecular flexibility index (Phi) is 3.57. The number of ether oxygens (including phenoxy) is 1. The molecule has 0 fully saturated rings. The summed E-state index contributed by atoms with van der Waals surface area (Å²) in [5.41, 5.74) is 7.87. The molecule has 4 heteroatoms. The maximum absolute atomic E-state index is 5.93. The van der Waals surface area contributed by atoms with Crippen LogP contribution in [0.5, 0.6) is 5.75 Å². The fourth-order valence-corrected chi connectivity index (χ4v) is 1.48. The Labute approximate surface area is 106 Å². The van der Waals surface area contributed by atoms with Gasteiger partial charge in [0.25, 0.3) is 0 Å². The van der Waals surface area contributed by atoms with E-state index in [1.54, 1.807) is 13.3 Å². The van der Waals surface area contributed by atoms with E-state index in [0.717, 1.165) is 16.9 Å². The lowest BCUT2D eigenvalue weighted by Gasteiger charge is -2.03. The Hall–Kier alpha value is -2.36. The number of hydrogen-bond acceptors (Lipinski definition) is 3. The first kappa shape index (κ1) is 12.1. The molecule has 1 aromatic carbocycles. The van der Waals surface area contributed by atoms with Crippen molar-refractivity contribution in [1.82, 2.24) is 4.98 Å². The summed E-state index contributed by atoms with van der Waals surface area (Å²) in [5.74, 6) is 1.84. The molecule has 0 aliphatic rings. The molecule has 0 unspecified atom stereocenters. The molecular formula is C14H15N3O. The van der Waals surface area contributed by atoms with Gasteiger partial charge in [0.05, 0.1) is 7.11 Å². The molecule has 92 valence electrons. The minimum Gasteiger partial charge on any atom is -0.497 e. The second-order valence-corrected chi connectivity index (χ2v) is 3.92. The average molecular weight is 241 g/mol. The Bertz CT molecular complexity index is 544. The van der Waals surface area contributed by atoms with E-state index in [1.165, 1.54) is 0 Å². The van der Waals surface area contributed by atoms with Crippen LogP contribution in [0.2, 0.25) is 0 Å². The molecular weight excluding hydrogens is 226 g/mol. The van der Waals surface area contributed by atoms with Crippen molar-refractivity contribution in [2.75, 3.05) is 7.11 Å². The van der Waals surface area contributed by atoms with Crippen LogP contribution in [-0.2, 0) is 0 Å². The van der Waals surface area contributed by atoms with Gasteiger partial charge in [0.1, 0.15) is 11.6 Å². The Morgan fingerprint density at radius 2 is 1.89 bits per heavy atom. The van der Waals surface area contributed by atoms with Crippen LogP contribution in [0, 0.1) is 6.92 Å². The van der Waals surface area contributed by atoms with E-state index in [-0.39, 0.29) is 0 Å². The number of pyridine rings is 1. The van der Waals surface area contributed by atoms with Crippen LogP contribution in [0.4, 0.5) is 5.82 Å². The highest BCUT2D eigenvalue weighted by molar-refractivity contribution is 5.98. The highest BCUT2D eigenvalue weighted by Gasteiger charge is 2.00. The van der Waals surface area contributed by atoms with Gasteiger partial charge >= 0.3 is 0 Å². The number of aryl methyl sites for hydroxylation is 1. The summed E-state index contributed by atoms with van der Waals surface area (Å²) in [7, 11) is 1.63. The summed E-state index contributed by atoms with van der Waals surface area (Å²) < 4.78 is 5.09. The lowest BCUT2D eigenvalue weighted by atomic mass is 10.2. The zero-order valence-corrected chi connectivity index (χ0v) is 10.4. The van der Waals surface area contributed by atoms with Gasteiger partial charge in [0.15, 0.2) is 5.82 Å². The van der Waals surface area contributed by atoms with Crippen LogP contribution in [0.3, 0.4) is 0 Å². The summed E-state index contributed by atoms with van der Waals surface area (Å²) in [6.45, 7) is 1.98. The summed E-state index contributed by atoms with van der Waals surface area (Å²) >= 11 is 0. The molecule has 0 atom stereocenters. The van der Waals surface area contributed by atoms with E-state index in [9.17, 15) is 0 Å². The van der Waals surface area contributed by atoms with Gasteiger partial charge in [-0.1, -0.05) is 6.07 Å². The van der Waals surface area contributed by atoms with Gasteiger partial charge in [-0.2, -0.15) is 0 Å². The Morgan fingerprint density at radius 1 is 1.17 bits per heavy atom. The topological polar surface area (TPSA) is 60.5 Å². The number of aromatic nitrogens is 1. The molecule has 2 rings (SSSR count). The minimum absolute atomic E-state index is 0.439. The van der Waals surface area contributed by atoms with Crippen LogP contribution in [0.15, 0.2) is 47.6 Å². The second kappa shape index (κ2) is 5.31. The standard InChI is InChI=1S/C14H15N3O/c1-10-3-8-13(16-9-10)17-14(15)11-4-6-12(18-2)7-5-11/h3-9H,1-2H3,(H2,15,16,17). The van der Waals surface area contributed by atoms with Gasteiger partial charge in [-0.15, -0.1) is 0 Å². The van der Waals surface area contributed by atoms with E-state index in [2.05, 4.69) is 9.98 Å². The van der Waals surface area contributed by atoms with E-state index < -0.39 is 0 Å². The first-order valence-corrected chi connectivity index (χ1v) is 5.60. The van der Waals surface area contributed by atoms with Gasteiger partial charge in [0, 0.05) is 11.8 Å². The van der Waals surface area contributed by atoms with Gasteiger partial charge in [0.2, 0.25) is 0 Å². The summed E-state index contributed by atoms with van der Waals surface area (Å²) in [6.07, 6.45) is 1.76. The summed E-state index contributed by atoms with van der Waals surface area (Å²) in [5, 5.41) is 0. The monoisotopic (exact) mass is 241 g/mol. The SMILES string of the molecule is COc1ccc(C(N)=Nc2ccc(C)cn2)cc1. The molecule has 0 aliphatic heterocycles. The lowest BCUT2D eigenvalue weighted by molar-refractivity contribution is 0.415. The van der Waals surface area contributed by atoms with Crippen LogP contribution in [0.25, 0.3) is 0 Å². The number of nitrogens with zero attached hydrogens (tertiary/aromatic N) is 2. The molecule has 0 saturated carbocycles. The third kappa shape index (κ3) is 2.85. The highest BCUT2D eigenvalue weighted by atomic mass is 16.5. The van der Waals surface area contributed by atoms with Crippen LogP contribution in [-0.4, -0.2) is 17.9 Å². The van der Waals surface area contributed by atoms with Crippen LogP contribution >= 0.6 is 0 Å². The molecule has 2 N–H and O–H groups in total. The lowest BCUT2D eigenvalue weighted by Crippen LogP contribution is -2.12. The summed E-state index contributed by atoms with van der Waals surface area (Å²) in [6, 6.07) is 11.2. The van der Waals surface area contributed by atoms with Crippen molar-refractivity contribution >= 4 is 11.7 Å². The highest BCUT2D eigenvalue weighted by Crippen LogP contribution is 2.13. The summed E-state index contributed by atoms with van der Waals surface area (Å²) in [4.78, 5) is 8.45. The number of hydrogen-bond donors (Lipinski definition) is 1. The van der Waals surface area contributed by atoms with E-state index in [0.29, 0.717) is 11.7 Å². The van der Waals surface area contributed by atoms with E-state index in [1.807, 2.05) is 43.3 Å². The predicted octanol–water partition coefficient (Wildman–Crippen LogP) is 2.44. The fourth-order valence-electron chi connectivity index (χ4n) is 1.48. The third-order valence-corrected chi connectivity index (χ3v) is 2.52. The normalized spacial score (nSPS) is 11.3. The number of benzene rings is 1. The number of nitrogens with two attached hydrogens (primary N) is 1. The van der Waals surface area contributed by atoms with Gasteiger partial charge in [-0.25, -0.2) is 9.98 Å². The second-order valence-electron chi connectivity index (χ2n) is 3.92. The van der Waals surface area contributed by atoms with Crippen molar-refractivity contribution in [3.05, 3.63) is 53.7 Å². The zero-order valence-electron chi connectivity index (χ0n) is 10.4. The van der Waals surface area contributed by atoms with Gasteiger partial charge < -0.3 is 10.5 Å². The minimum atomic E-state index is 0.439. The van der Waals surface area contributed by atoms with Crippen molar-refractivity contribution < 1.29 is 4.74 Å². The van der Waals surface area contributed by atoms with Crippen molar-refractivity contribution in [2.45, 2.75) is 6.92 Å². The van der Waals surface area contributed by atoms with Crippen molar-refractivity contribution in [2.24, 2.45) is 10.7 Å². The number of methoxy groups -OCH3 is 1. The number of aliphatic imine (C=N–C) groups is 1. The molecule has 1 heterocycles. The van der Waals surface area contributed by atoms with Crippen molar-refractivity contribution in [1.29, 1.82) is 0 Å². The van der Waals surface area contributed by atoms with Crippen LogP contribution < -0.4 is 10.5 Å². The Morgan fingerprint density at radius 3 is 2.44 bits per heavy atom. The molecule has 0 bridgehead atoms. The smallest absolute Gasteiger partial charge is 0.154 e. The molecule has 0 saturated heterocycles. The van der Waals surface area contributed by atoms with Crippen molar-refractivity contribution in [3.8, 4) is 5.75 Å². The average Bonchev–Trinajstić information content (AvgIpc) is 2.41. The van der Waals surface area contributed by atoms with Gasteiger partial charge in [-0.05, 0) is 42.8 Å². The third-order valence-electron chi connectivity index (χ3n) is 2.52. The van der Waals surface area contributed by atoms with Gasteiger partial charge in [-0.3, -0.25) is 0 Å². The quantitative estimate of drug-likeness (QED) is 0.663. The largest absolute Gasteiger partial charge is 0.497 e. The maximum atomic E-state index is 5.93. The molecule has 2 aromatic rings. The molecule has 0 radical (unpaired) electrons. The molecule has 4 nitrogen and oxygen atoms in total. The first-order valence-electron chi connectivity index (χ1n) is 5.60.